The monoisotopic (exact) mass is 454 g/mol. The highest BCUT2D eigenvalue weighted by Gasteiger charge is 2.30. The molecule has 1 atom stereocenters. The second-order valence-corrected chi connectivity index (χ2v) is 8.98. The third kappa shape index (κ3) is 4.33. The first-order chi connectivity index (χ1) is 15.1. The van der Waals surface area contributed by atoms with E-state index in [4.69, 9.17) is 32.7 Å². The Bertz CT molecular complexity index is 1090. The minimum Gasteiger partial charge on any atom is -0.454 e. The van der Waals surface area contributed by atoms with Crippen LogP contribution in [0.2, 0.25) is 10.0 Å². The molecule has 0 N–H and O–H groups in total. The van der Waals surface area contributed by atoms with E-state index in [0.717, 1.165) is 53.4 Å². The molecule has 31 heavy (non-hydrogen) atoms. The molecule has 2 aliphatic heterocycles. The smallest absolute Gasteiger partial charge is 0.231 e. The van der Waals surface area contributed by atoms with E-state index >= 15 is 0 Å². The van der Waals surface area contributed by atoms with Crippen LogP contribution in [-0.2, 0) is 6.54 Å². The van der Waals surface area contributed by atoms with Crippen molar-refractivity contribution in [3.05, 3.63) is 87.4 Å². The van der Waals surface area contributed by atoms with Gasteiger partial charge >= 0.3 is 0 Å². The van der Waals surface area contributed by atoms with Crippen LogP contribution in [0.3, 0.4) is 0 Å². The predicted octanol–water partition coefficient (Wildman–Crippen LogP) is 6.09. The van der Waals surface area contributed by atoms with Gasteiger partial charge in [-0.1, -0.05) is 47.5 Å². The SMILES string of the molecule is Cc1ccc(N2CCN(Cc3ccc4c(c3)OCO4)CC2c2ccc(Cl)cc2)c(Cl)c1. The summed E-state index contributed by atoms with van der Waals surface area (Å²) in [6, 6.07) is 20.8. The second-order valence-electron chi connectivity index (χ2n) is 8.14. The lowest BCUT2D eigenvalue weighted by molar-refractivity contribution is 0.173. The molecule has 2 aliphatic rings. The standard InChI is InChI=1S/C25H24Cl2N2O2/c1-17-2-8-22(21(27)12-17)29-11-10-28(15-23(29)19-4-6-20(26)7-5-19)14-18-3-9-24-25(13-18)31-16-30-24/h2-9,12-13,23H,10-11,14-16H2,1H3. The highest BCUT2D eigenvalue weighted by molar-refractivity contribution is 6.33. The Labute approximate surface area is 192 Å². The Morgan fingerprint density at radius 1 is 0.903 bits per heavy atom. The number of anilines is 1. The fraction of sp³-hybridized carbons (Fsp3) is 0.280. The Morgan fingerprint density at radius 2 is 1.71 bits per heavy atom. The predicted molar refractivity (Wildman–Crippen MR) is 126 cm³/mol. The van der Waals surface area contributed by atoms with Gasteiger partial charge in [-0.3, -0.25) is 4.90 Å². The van der Waals surface area contributed by atoms with Crippen molar-refractivity contribution >= 4 is 28.9 Å². The molecule has 5 rings (SSSR count). The largest absolute Gasteiger partial charge is 0.454 e. The van der Waals surface area contributed by atoms with Crippen molar-refractivity contribution < 1.29 is 9.47 Å². The summed E-state index contributed by atoms with van der Waals surface area (Å²) in [6.45, 7) is 5.95. The van der Waals surface area contributed by atoms with Gasteiger partial charge in [0.05, 0.1) is 16.8 Å². The maximum Gasteiger partial charge on any atom is 0.231 e. The number of hydrogen-bond acceptors (Lipinski definition) is 4. The number of halogens is 2. The lowest BCUT2D eigenvalue weighted by atomic mass is 10.0. The maximum atomic E-state index is 6.66. The van der Waals surface area contributed by atoms with Gasteiger partial charge in [0, 0.05) is 31.2 Å². The van der Waals surface area contributed by atoms with E-state index in [1.54, 1.807) is 0 Å². The molecule has 0 aliphatic carbocycles. The average Bonchev–Trinajstić information content (AvgIpc) is 3.23. The van der Waals surface area contributed by atoms with Gasteiger partial charge in [0.1, 0.15) is 0 Å². The number of benzene rings is 3. The van der Waals surface area contributed by atoms with Crippen molar-refractivity contribution in [2.24, 2.45) is 0 Å². The molecule has 0 radical (unpaired) electrons. The van der Waals surface area contributed by atoms with E-state index in [-0.39, 0.29) is 6.04 Å². The van der Waals surface area contributed by atoms with Crippen LogP contribution < -0.4 is 14.4 Å². The van der Waals surface area contributed by atoms with Gasteiger partial charge in [-0.15, -0.1) is 0 Å². The molecule has 160 valence electrons. The third-order valence-corrected chi connectivity index (χ3v) is 6.53. The molecule has 6 heteroatoms. The first-order valence-corrected chi connectivity index (χ1v) is 11.2. The third-order valence-electron chi connectivity index (χ3n) is 5.98. The molecule has 1 unspecified atom stereocenters. The van der Waals surface area contributed by atoms with Crippen LogP contribution in [0.25, 0.3) is 0 Å². The summed E-state index contributed by atoms with van der Waals surface area (Å²) in [4.78, 5) is 4.90. The van der Waals surface area contributed by atoms with E-state index in [0.29, 0.717) is 6.79 Å². The molecule has 0 spiro atoms. The Balaban J connectivity index is 1.41. The first kappa shape index (κ1) is 20.5. The van der Waals surface area contributed by atoms with E-state index in [1.807, 2.05) is 24.3 Å². The fourth-order valence-electron chi connectivity index (χ4n) is 4.38. The number of aryl methyl sites for hydroxylation is 1. The van der Waals surface area contributed by atoms with Crippen LogP contribution in [0.5, 0.6) is 11.5 Å². The van der Waals surface area contributed by atoms with E-state index < -0.39 is 0 Å². The molecular weight excluding hydrogens is 431 g/mol. The molecule has 0 bridgehead atoms. The van der Waals surface area contributed by atoms with Gasteiger partial charge in [-0.05, 0) is 60.0 Å². The summed E-state index contributed by atoms with van der Waals surface area (Å²) in [5, 5.41) is 1.54. The molecule has 4 nitrogen and oxygen atoms in total. The molecule has 1 fully saturated rings. The van der Waals surface area contributed by atoms with Gasteiger partial charge in [0.2, 0.25) is 6.79 Å². The zero-order valence-electron chi connectivity index (χ0n) is 17.4. The van der Waals surface area contributed by atoms with Crippen LogP contribution in [0.15, 0.2) is 60.7 Å². The summed E-state index contributed by atoms with van der Waals surface area (Å²) < 4.78 is 11.0. The number of rotatable bonds is 4. The van der Waals surface area contributed by atoms with Crippen molar-refractivity contribution in [1.29, 1.82) is 0 Å². The summed E-state index contributed by atoms with van der Waals surface area (Å²) in [5.41, 5.74) is 4.70. The number of fused-ring (bicyclic) bond motifs is 1. The zero-order chi connectivity index (χ0) is 21.4. The zero-order valence-corrected chi connectivity index (χ0v) is 18.9. The summed E-state index contributed by atoms with van der Waals surface area (Å²) in [7, 11) is 0. The quantitative estimate of drug-likeness (QED) is 0.475. The fourth-order valence-corrected chi connectivity index (χ4v) is 4.85. The summed E-state index contributed by atoms with van der Waals surface area (Å²) in [6.07, 6.45) is 0. The second kappa shape index (κ2) is 8.62. The summed E-state index contributed by atoms with van der Waals surface area (Å²) in [5.74, 6) is 1.65. The highest BCUT2D eigenvalue weighted by Crippen LogP contribution is 2.37. The van der Waals surface area contributed by atoms with Gasteiger partial charge in [-0.25, -0.2) is 0 Å². The van der Waals surface area contributed by atoms with Crippen molar-refractivity contribution in [3.8, 4) is 11.5 Å². The highest BCUT2D eigenvalue weighted by atomic mass is 35.5. The van der Waals surface area contributed by atoms with Gasteiger partial charge < -0.3 is 14.4 Å². The number of nitrogens with zero attached hydrogens (tertiary/aromatic N) is 2. The van der Waals surface area contributed by atoms with Crippen LogP contribution in [0, 0.1) is 6.92 Å². The normalized spacial score (nSPS) is 18.4. The molecule has 2 heterocycles. The Kier molecular flexibility index (Phi) is 5.70. The van der Waals surface area contributed by atoms with Crippen molar-refractivity contribution in [2.75, 3.05) is 31.3 Å². The topological polar surface area (TPSA) is 24.9 Å². The van der Waals surface area contributed by atoms with Crippen molar-refractivity contribution in [3.63, 3.8) is 0 Å². The molecule has 1 saturated heterocycles. The van der Waals surface area contributed by atoms with Gasteiger partial charge in [0.25, 0.3) is 0 Å². The number of hydrogen-bond donors (Lipinski definition) is 0. The molecule has 0 saturated carbocycles. The molecular formula is C25H24Cl2N2O2. The maximum absolute atomic E-state index is 6.66. The average molecular weight is 455 g/mol. The van der Waals surface area contributed by atoms with Crippen LogP contribution in [-0.4, -0.2) is 31.3 Å². The van der Waals surface area contributed by atoms with E-state index in [1.165, 1.54) is 16.7 Å². The summed E-state index contributed by atoms with van der Waals surface area (Å²) >= 11 is 12.8. The minimum absolute atomic E-state index is 0.181. The molecule has 3 aromatic rings. The minimum atomic E-state index is 0.181. The number of ether oxygens (including phenoxy) is 2. The molecule has 0 amide bonds. The van der Waals surface area contributed by atoms with Gasteiger partial charge in [-0.2, -0.15) is 0 Å². The lowest BCUT2D eigenvalue weighted by Crippen LogP contribution is -2.48. The first-order valence-electron chi connectivity index (χ1n) is 10.5. The van der Waals surface area contributed by atoms with Gasteiger partial charge in [0.15, 0.2) is 11.5 Å². The van der Waals surface area contributed by atoms with Crippen molar-refractivity contribution in [1.82, 2.24) is 4.90 Å². The Hall–Kier alpha value is -2.40. The van der Waals surface area contributed by atoms with Crippen LogP contribution in [0.4, 0.5) is 5.69 Å². The van der Waals surface area contributed by atoms with E-state index in [9.17, 15) is 0 Å². The number of piperazine rings is 1. The molecule has 3 aromatic carbocycles. The van der Waals surface area contributed by atoms with Crippen LogP contribution >= 0.6 is 23.2 Å². The van der Waals surface area contributed by atoms with E-state index in [2.05, 4.69) is 53.1 Å². The lowest BCUT2D eigenvalue weighted by Gasteiger charge is -2.43. The molecule has 0 aromatic heterocycles. The Morgan fingerprint density at radius 3 is 2.52 bits per heavy atom. The van der Waals surface area contributed by atoms with Crippen LogP contribution in [0.1, 0.15) is 22.7 Å². The van der Waals surface area contributed by atoms with Crippen molar-refractivity contribution in [2.45, 2.75) is 19.5 Å².